The maximum atomic E-state index is 13.7. The molecule has 0 aromatic heterocycles. The number of benzene rings is 2. The summed E-state index contributed by atoms with van der Waals surface area (Å²) in [6.45, 7) is 1.93. The Morgan fingerprint density at radius 3 is 2.34 bits per heavy atom. The number of nitrogens with zero attached hydrogens (tertiary/aromatic N) is 1. The number of carbonyl (C=O) groups excluding carboxylic acids is 2. The molecule has 1 fully saturated rings. The van der Waals surface area contributed by atoms with Crippen molar-refractivity contribution < 1.29 is 19.1 Å². The number of nitrogens with one attached hydrogen (secondary N) is 1. The largest absolute Gasteiger partial charge is 0.497 e. The molecule has 2 aromatic carbocycles. The molecule has 0 unspecified atom stereocenters. The summed E-state index contributed by atoms with van der Waals surface area (Å²) in [7, 11) is 3.13. The monoisotopic (exact) mass is 458 g/mol. The Labute approximate surface area is 194 Å². The van der Waals surface area contributed by atoms with E-state index < -0.39 is 6.04 Å². The first-order chi connectivity index (χ1) is 15.5. The lowest BCUT2D eigenvalue weighted by molar-refractivity contribution is -0.126. The van der Waals surface area contributed by atoms with Crippen molar-refractivity contribution in [3.8, 4) is 11.5 Å². The highest BCUT2D eigenvalue weighted by atomic mass is 35.5. The number of ether oxygens (including phenoxy) is 2. The molecule has 32 heavy (non-hydrogen) atoms. The molecule has 6 nitrogen and oxygen atoms in total. The van der Waals surface area contributed by atoms with E-state index in [2.05, 4.69) is 5.32 Å². The first-order valence-electron chi connectivity index (χ1n) is 11.0. The van der Waals surface area contributed by atoms with Gasteiger partial charge in [-0.15, -0.1) is 11.6 Å². The predicted octanol–water partition coefficient (Wildman–Crippen LogP) is 4.77. The van der Waals surface area contributed by atoms with Gasteiger partial charge < -0.3 is 14.8 Å². The van der Waals surface area contributed by atoms with Crippen molar-refractivity contribution in [2.75, 3.05) is 25.0 Å². The van der Waals surface area contributed by atoms with E-state index in [-0.39, 0.29) is 23.7 Å². The molecule has 0 heterocycles. The molecule has 0 saturated heterocycles. The van der Waals surface area contributed by atoms with E-state index in [1.165, 1.54) is 11.3 Å². The highest BCUT2D eigenvalue weighted by Gasteiger charge is 2.35. The Morgan fingerprint density at radius 2 is 1.75 bits per heavy atom. The van der Waals surface area contributed by atoms with Crippen LogP contribution in [0.3, 0.4) is 0 Å². The van der Waals surface area contributed by atoms with Gasteiger partial charge >= 0.3 is 0 Å². The SMILES string of the molecule is COc1ccc([C@@H](C(=O)NC2CCCCC2)N(C(=O)CCl)c2cc(C)ccc2OC)cc1. The molecule has 3 rings (SSSR count). The quantitative estimate of drug-likeness (QED) is 0.578. The minimum Gasteiger partial charge on any atom is -0.497 e. The molecule has 0 aliphatic heterocycles. The van der Waals surface area contributed by atoms with Crippen molar-refractivity contribution >= 4 is 29.1 Å². The maximum absolute atomic E-state index is 13.7. The zero-order valence-electron chi connectivity index (χ0n) is 18.9. The van der Waals surface area contributed by atoms with Crippen LogP contribution in [0.1, 0.15) is 49.3 Å². The molecule has 2 amide bonds. The minimum atomic E-state index is -0.898. The van der Waals surface area contributed by atoms with Crippen molar-refractivity contribution in [2.45, 2.75) is 51.1 Å². The highest BCUT2D eigenvalue weighted by molar-refractivity contribution is 6.30. The van der Waals surface area contributed by atoms with Crippen LogP contribution < -0.4 is 19.7 Å². The van der Waals surface area contributed by atoms with E-state index in [4.69, 9.17) is 21.1 Å². The summed E-state index contributed by atoms with van der Waals surface area (Å²) in [4.78, 5) is 28.3. The Bertz CT molecular complexity index is 926. The second-order valence-electron chi connectivity index (χ2n) is 8.09. The number of alkyl halides is 1. The Balaban J connectivity index is 2.09. The zero-order chi connectivity index (χ0) is 23.1. The average Bonchev–Trinajstić information content (AvgIpc) is 2.82. The number of hydrogen-bond acceptors (Lipinski definition) is 4. The third kappa shape index (κ3) is 5.54. The summed E-state index contributed by atoms with van der Waals surface area (Å²) >= 11 is 6.02. The van der Waals surface area contributed by atoms with Crippen LogP contribution >= 0.6 is 11.6 Å². The van der Waals surface area contributed by atoms with Crippen molar-refractivity contribution in [1.82, 2.24) is 5.32 Å². The number of anilines is 1. The van der Waals surface area contributed by atoms with Crippen molar-refractivity contribution in [3.05, 3.63) is 53.6 Å². The van der Waals surface area contributed by atoms with Gasteiger partial charge in [0.25, 0.3) is 0 Å². The van der Waals surface area contributed by atoms with Crippen LogP contribution in [0.25, 0.3) is 0 Å². The minimum absolute atomic E-state index is 0.101. The molecule has 0 bridgehead atoms. The van der Waals surface area contributed by atoms with Crippen LogP contribution in [0, 0.1) is 6.92 Å². The van der Waals surface area contributed by atoms with Gasteiger partial charge in [0.1, 0.15) is 23.4 Å². The van der Waals surface area contributed by atoms with Gasteiger partial charge in [0.05, 0.1) is 19.9 Å². The third-order valence-corrected chi connectivity index (χ3v) is 6.10. The summed E-state index contributed by atoms with van der Waals surface area (Å²) in [5.74, 6) is 0.293. The fourth-order valence-corrected chi connectivity index (χ4v) is 4.33. The van der Waals surface area contributed by atoms with E-state index in [0.717, 1.165) is 31.2 Å². The molecule has 1 atom stereocenters. The van der Waals surface area contributed by atoms with Gasteiger partial charge in [-0.05, 0) is 55.2 Å². The fraction of sp³-hybridized carbons (Fsp3) is 0.440. The van der Waals surface area contributed by atoms with Gasteiger partial charge in [0, 0.05) is 6.04 Å². The average molecular weight is 459 g/mol. The lowest BCUT2D eigenvalue weighted by Crippen LogP contribution is -2.47. The molecule has 2 aromatic rings. The Morgan fingerprint density at radius 1 is 1.06 bits per heavy atom. The van der Waals surface area contributed by atoms with Gasteiger partial charge in [-0.2, -0.15) is 0 Å². The summed E-state index contributed by atoms with van der Waals surface area (Å²) in [5, 5.41) is 3.18. The van der Waals surface area contributed by atoms with Crippen LogP contribution in [0.2, 0.25) is 0 Å². The fourth-order valence-electron chi connectivity index (χ4n) is 4.20. The van der Waals surface area contributed by atoms with Gasteiger partial charge in [-0.25, -0.2) is 0 Å². The molecular formula is C25H31ClN2O4. The first-order valence-corrected chi connectivity index (χ1v) is 11.5. The van der Waals surface area contributed by atoms with Crippen molar-refractivity contribution in [3.63, 3.8) is 0 Å². The molecule has 1 aliphatic carbocycles. The number of methoxy groups -OCH3 is 2. The summed E-state index contributed by atoms with van der Waals surface area (Å²) in [6, 6.07) is 11.9. The van der Waals surface area contributed by atoms with Crippen molar-refractivity contribution in [2.24, 2.45) is 0 Å². The number of amides is 2. The van der Waals surface area contributed by atoms with Crippen LogP contribution in [0.5, 0.6) is 11.5 Å². The van der Waals surface area contributed by atoms with E-state index in [0.29, 0.717) is 22.7 Å². The number of carbonyl (C=O) groups is 2. The van der Waals surface area contributed by atoms with Gasteiger partial charge in [0.2, 0.25) is 11.8 Å². The predicted molar refractivity (Wildman–Crippen MR) is 127 cm³/mol. The number of aryl methyl sites for hydroxylation is 1. The van der Waals surface area contributed by atoms with E-state index in [9.17, 15) is 9.59 Å². The van der Waals surface area contributed by atoms with Crippen LogP contribution in [-0.2, 0) is 9.59 Å². The molecule has 1 aliphatic rings. The zero-order valence-corrected chi connectivity index (χ0v) is 19.7. The van der Waals surface area contributed by atoms with Gasteiger partial charge in [-0.3, -0.25) is 14.5 Å². The van der Waals surface area contributed by atoms with E-state index >= 15 is 0 Å². The number of halogens is 1. The van der Waals surface area contributed by atoms with Gasteiger partial charge in [0.15, 0.2) is 0 Å². The van der Waals surface area contributed by atoms with E-state index in [1.807, 2.05) is 19.1 Å². The Hall–Kier alpha value is -2.73. The summed E-state index contributed by atoms with van der Waals surface area (Å²) in [6.07, 6.45) is 5.25. The van der Waals surface area contributed by atoms with Crippen LogP contribution in [0.15, 0.2) is 42.5 Å². The lowest BCUT2D eigenvalue weighted by Gasteiger charge is -2.34. The molecule has 1 N–H and O–H groups in total. The number of hydrogen-bond donors (Lipinski definition) is 1. The van der Waals surface area contributed by atoms with Crippen LogP contribution in [-0.4, -0.2) is 38.0 Å². The number of rotatable bonds is 8. The van der Waals surface area contributed by atoms with Crippen LogP contribution in [0.4, 0.5) is 5.69 Å². The molecule has 0 spiro atoms. The Kier molecular flexibility index (Phi) is 8.39. The summed E-state index contributed by atoms with van der Waals surface area (Å²) in [5.41, 5.74) is 2.12. The highest BCUT2D eigenvalue weighted by Crippen LogP contribution is 2.36. The standard InChI is InChI=1S/C25H31ClN2O4/c1-17-9-14-22(32-3)21(15-17)28(23(29)16-26)24(18-10-12-20(31-2)13-11-18)25(30)27-19-7-5-4-6-8-19/h9-15,19,24H,4-8,16H2,1-3H3,(H,27,30)/t24-/m0/s1. The maximum Gasteiger partial charge on any atom is 0.248 e. The molecule has 0 radical (unpaired) electrons. The molecule has 1 saturated carbocycles. The third-order valence-electron chi connectivity index (χ3n) is 5.87. The molecule has 7 heteroatoms. The van der Waals surface area contributed by atoms with Gasteiger partial charge in [-0.1, -0.05) is 37.5 Å². The summed E-state index contributed by atoms with van der Waals surface area (Å²) < 4.78 is 10.8. The van der Waals surface area contributed by atoms with E-state index in [1.54, 1.807) is 44.6 Å². The first kappa shape index (κ1) is 23.9. The topological polar surface area (TPSA) is 67.9 Å². The second-order valence-corrected chi connectivity index (χ2v) is 8.36. The molecule has 172 valence electrons. The lowest BCUT2D eigenvalue weighted by atomic mass is 9.94. The normalized spacial score (nSPS) is 15.0. The molecular weight excluding hydrogens is 428 g/mol. The second kappa shape index (κ2) is 11.2. The smallest absolute Gasteiger partial charge is 0.248 e. The van der Waals surface area contributed by atoms with Crippen molar-refractivity contribution in [1.29, 1.82) is 0 Å².